The van der Waals surface area contributed by atoms with Gasteiger partial charge in [-0.3, -0.25) is 9.69 Å². The molecule has 1 fully saturated rings. The van der Waals surface area contributed by atoms with Crippen molar-refractivity contribution in [2.75, 3.05) is 19.7 Å². The molecule has 1 heterocycles. The van der Waals surface area contributed by atoms with Crippen molar-refractivity contribution >= 4 is 5.91 Å². The minimum absolute atomic E-state index is 0.102. The van der Waals surface area contributed by atoms with Crippen LogP contribution in [-0.2, 0) is 6.54 Å². The van der Waals surface area contributed by atoms with Crippen molar-refractivity contribution in [2.45, 2.75) is 25.4 Å². The SMILES string of the molecule is C=CCOc1ccc(C(=O)NC2CCN(Cc3ccc(F)c(F)c3)CC2)cc1. The van der Waals surface area contributed by atoms with Crippen LogP contribution in [0.5, 0.6) is 5.75 Å². The molecule has 6 heteroatoms. The first-order valence-corrected chi connectivity index (χ1v) is 9.36. The summed E-state index contributed by atoms with van der Waals surface area (Å²) >= 11 is 0. The van der Waals surface area contributed by atoms with Gasteiger partial charge in [0, 0.05) is 31.2 Å². The second-order valence-electron chi connectivity index (χ2n) is 6.90. The van der Waals surface area contributed by atoms with Gasteiger partial charge in [0.05, 0.1) is 0 Å². The number of nitrogens with one attached hydrogen (secondary N) is 1. The zero-order valence-electron chi connectivity index (χ0n) is 15.7. The highest BCUT2D eigenvalue weighted by Gasteiger charge is 2.21. The summed E-state index contributed by atoms with van der Waals surface area (Å²) in [5.74, 6) is -1.05. The molecule has 148 valence electrons. The smallest absolute Gasteiger partial charge is 0.251 e. The first-order chi connectivity index (χ1) is 13.5. The molecule has 2 aromatic carbocycles. The quantitative estimate of drug-likeness (QED) is 0.734. The Kier molecular flexibility index (Phi) is 6.76. The summed E-state index contributed by atoms with van der Waals surface area (Å²) < 4.78 is 31.8. The van der Waals surface area contributed by atoms with Crippen LogP contribution in [0.4, 0.5) is 8.78 Å². The number of hydrogen-bond donors (Lipinski definition) is 1. The van der Waals surface area contributed by atoms with Gasteiger partial charge in [-0.25, -0.2) is 8.78 Å². The topological polar surface area (TPSA) is 41.6 Å². The maximum Gasteiger partial charge on any atom is 0.251 e. The molecule has 0 bridgehead atoms. The van der Waals surface area contributed by atoms with Gasteiger partial charge in [0.1, 0.15) is 12.4 Å². The minimum atomic E-state index is -0.828. The predicted molar refractivity (Wildman–Crippen MR) is 104 cm³/mol. The number of benzene rings is 2. The number of carbonyl (C=O) groups excluding carboxylic acids is 1. The lowest BCUT2D eigenvalue weighted by atomic mass is 10.0. The molecule has 0 atom stereocenters. The van der Waals surface area contributed by atoms with Crippen LogP contribution >= 0.6 is 0 Å². The number of ether oxygens (including phenoxy) is 1. The maximum atomic E-state index is 13.3. The van der Waals surface area contributed by atoms with E-state index in [1.54, 1.807) is 36.4 Å². The monoisotopic (exact) mass is 386 g/mol. The Morgan fingerprint density at radius 3 is 2.50 bits per heavy atom. The molecule has 28 heavy (non-hydrogen) atoms. The molecule has 0 aromatic heterocycles. The van der Waals surface area contributed by atoms with Gasteiger partial charge in [0.15, 0.2) is 11.6 Å². The highest BCUT2D eigenvalue weighted by Crippen LogP contribution is 2.17. The second-order valence-corrected chi connectivity index (χ2v) is 6.90. The average molecular weight is 386 g/mol. The third-order valence-corrected chi connectivity index (χ3v) is 4.80. The lowest BCUT2D eigenvalue weighted by Crippen LogP contribution is -2.44. The lowest BCUT2D eigenvalue weighted by molar-refractivity contribution is 0.0909. The molecule has 0 saturated carbocycles. The Hall–Kier alpha value is -2.73. The molecule has 0 unspecified atom stereocenters. The molecule has 1 aliphatic rings. The third kappa shape index (κ3) is 5.39. The van der Waals surface area contributed by atoms with E-state index in [1.165, 1.54) is 6.07 Å². The summed E-state index contributed by atoms with van der Waals surface area (Å²) in [6.07, 6.45) is 3.30. The molecule has 0 aliphatic carbocycles. The summed E-state index contributed by atoms with van der Waals surface area (Å²) in [5, 5.41) is 3.07. The van der Waals surface area contributed by atoms with Crippen molar-refractivity contribution in [2.24, 2.45) is 0 Å². The summed E-state index contributed by atoms with van der Waals surface area (Å²) in [5.41, 5.74) is 1.34. The number of hydrogen-bond acceptors (Lipinski definition) is 3. The molecule has 1 aliphatic heterocycles. The van der Waals surface area contributed by atoms with E-state index in [0.717, 1.165) is 37.6 Å². The lowest BCUT2D eigenvalue weighted by Gasteiger charge is -2.32. The van der Waals surface area contributed by atoms with Gasteiger partial charge in [-0.2, -0.15) is 0 Å². The fourth-order valence-electron chi connectivity index (χ4n) is 3.26. The van der Waals surface area contributed by atoms with Crippen LogP contribution in [0, 0.1) is 11.6 Å². The molecule has 4 nitrogen and oxygen atoms in total. The first-order valence-electron chi connectivity index (χ1n) is 9.36. The molecule has 0 spiro atoms. The summed E-state index contributed by atoms with van der Waals surface area (Å²) in [4.78, 5) is 14.6. The van der Waals surface area contributed by atoms with Gasteiger partial charge in [0.25, 0.3) is 5.91 Å². The molecule has 1 N–H and O–H groups in total. The molecule has 1 amide bonds. The van der Waals surface area contributed by atoms with E-state index in [4.69, 9.17) is 4.74 Å². The van der Waals surface area contributed by atoms with Gasteiger partial charge in [-0.1, -0.05) is 18.7 Å². The number of halogens is 2. The van der Waals surface area contributed by atoms with Crippen molar-refractivity contribution in [3.63, 3.8) is 0 Å². The number of piperidine rings is 1. The van der Waals surface area contributed by atoms with Crippen LogP contribution in [0.15, 0.2) is 55.1 Å². The van der Waals surface area contributed by atoms with Crippen LogP contribution in [0.1, 0.15) is 28.8 Å². The van der Waals surface area contributed by atoms with Crippen molar-refractivity contribution in [3.05, 3.63) is 77.9 Å². The van der Waals surface area contributed by atoms with Crippen molar-refractivity contribution in [3.8, 4) is 5.75 Å². The Morgan fingerprint density at radius 1 is 1.14 bits per heavy atom. The average Bonchev–Trinajstić information content (AvgIpc) is 2.71. The van der Waals surface area contributed by atoms with Crippen molar-refractivity contribution in [1.82, 2.24) is 10.2 Å². The normalized spacial score (nSPS) is 15.2. The molecular weight excluding hydrogens is 362 g/mol. The zero-order valence-corrected chi connectivity index (χ0v) is 15.7. The molecule has 1 saturated heterocycles. The van der Waals surface area contributed by atoms with Crippen LogP contribution < -0.4 is 10.1 Å². The third-order valence-electron chi connectivity index (χ3n) is 4.80. The molecule has 0 radical (unpaired) electrons. The Bertz CT molecular complexity index is 816. The van der Waals surface area contributed by atoms with Crippen molar-refractivity contribution < 1.29 is 18.3 Å². The summed E-state index contributed by atoms with van der Waals surface area (Å²) in [6.45, 7) is 6.18. The molecule has 3 rings (SSSR count). The largest absolute Gasteiger partial charge is 0.490 e. The van der Waals surface area contributed by atoms with Crippen LogP contribution in [-0.4, -0.2) is 36.5 Å². The Balaban J connectivity index is 1.46. The van der Waals surface area contributed by atoms with E-state index in [2.05, 4.69) is 16.8 Å². The van der Waals surface area contributed by atoms with Crippen molar-refractivity contribution in [1.29, 1.82) is 0 Å². The zero-order chi connectivity index (χ0) is 19.9. The molecular formula is C22H24F2N2O2. The summed E-state index contributed by atoms with van der Waals surface area (Å²) in [6, 6.07) is 11.1. The number of carbonyl (C=O) groups is 1. The van der Waals surface area contributed by atoms with E-state index < -0.39 is 11.6 Å². The van der Waals surface area contributed by atoms with Gasteiger partial charge in [-0.15, -0.1) is 0 Å². The fourth-order valence-corrected chi connectivity index (χ4v) is 3.26. The van der Waals surface area contributed by atoms with E-state index in [1.807, 2.05) is 0 Å². The standard InChI is InChI=1S/C22H24F2N2O2/c1-2-13-28-19-6-4-17(5-7-19)22(27)25-18-9-11-26(12-10-18)15-16-3-8-20(23)21(24)14-16/h2-8,14,18H,1,9-13,15H2,(H,25,27). The Morgan fingerprint density at radius 2 is 1.86 bits per heavy atom. The van der Waals surface area contributed by atoms with Gasteiger partial charge in [0.2, 0.25) is 0 Å². The summed E-state index contributed by atoms with van der Waals surface area (Å²) in [7, 11) is 0. The highest BCUT2D eigenvalue weighted by molar-refractivity contribution is 5.94. The predicted octanol–water partition coefficient (Wildman–Crippen LogP) is 3.92. The van der Waals surface area contributed by atoms with Crippen LogP contribution in [0.3, 0.4) is 0 Å². The van der Waals surface area contributed by atoms with E-state index in [0.29, 0.717) is 24.5 Å². The van der Waals surface area contributed by atoms with Gasteiger partial charge in [-0.05, 0) is 54.8 Å². The Labute approximate surface area is 163 Å². The first kappa shape index (κ1) is 20.0. The highest BCUT2D eigenvalue weighted by atomic mass is 19.2. The van der Waals surface area contributed by atoms with Crippen LogP contribution in [0.25, 0.3) is 0 Å². The number of likely N-dealkylation sites (tertiary alicyclic amines) is 1. The van der Waals surface area contributed by atoms with Crippen LogP contribution in [0.2, 0.25) is 0 Å². The molecule has 2 aromatic rings. The number of rotatable bonds is 7. The van der Waals surface area contributed by atoms with E-state index >= 15 is 0 Å². The number of amides is 1. The maximum absolute atomic E-state index is 13.3. The van der Waals surface area contributed by atoms with Gasteiger partial charge >= 0.3 is 0 Å². The fraction of sp³-hybridized carbons (Fsp3) is 0.318. The second kappa shape index (κ2) is 9.46. The minimum Gasteiger partial charge on any atom is -0.490 e. The van der Waals surface area contributed by atoms with E-state index in [9.17, 15) is 13.6 Å². The van der Waals surface area contributed by atoms with E-state index in [-0.39, 0.29) is 11.9 Å². The number of nitrogens with zero attached hydrogens (tertiary/aromatic N) is 1. The van der Waals surface area contributed by atoms with Gasteiger partial charge < -0.3 is 10.1 Å².